The van der Waals surface area contributed by atoms with Gasteiger partial charge in [-0.25, -0.2) is 4.39 Å². The molecule has 0 bridgehead atoms. The maximum Gasteiger partial charge on any atom is 0.102 e. The Balaban J connectivity index is 2.11. The molecule has 1 saturated heterocycles. The van der Waals surface area contributed by atoms with E-state index in [9.17, 15) is 4.39 Å². The predicted molar refractivity (Wildman–Crippen MR) is 47.9 cm³/mol. The van der Waals surface area contributed by atoms with Crippen molar-refractivity contribution in [1.29, 1.82) is 0 Å². The summed E-state index contributed by atoms with van der Waals surface area (Å²) in [7, 11) is 1.95. The zero-order valence-electron chi connectivity index (χ0n) is 7.72. The Morgan fingerprint density at radius 1 is 1.17 bits per heavy atom. The molecular weight excluding hydrogens is 157 g/mol. The van der Waals surface area contributed by atoms with E-state index >= 15 is 0 Å². The van der Waals surface area contributed by atoms with E-state index in [1.807, 2.05) is 7.05 Å². The first kappa shape index (κ1) is 9.89. The largest absolute Gasteiger partial charge is 0.307 e. The minimum atomic E-state index is -0.216. The van der Waals surface area contributed by atoms with Gasteiger partial charge in [-0.15, -0.1) is 0 Å². The van der Waals surface area contributed by atoms with Crippen LogP contribution in [-0.2, 0) is 0 Å². The molecule has 1 N–H and O–H groups in total. The van der Waals surface area contributed by atoms with Crippen molar-refractivity contribution in [3.8, 4) is 0 Å². The second kappa shape index (κ2) is 5.45. The van der Waals surface area contributed by atoms with E-state index in [1.165, 1.54) is 0 Å². The quantitative estimate of drug-likeness (QED) is 0.635. The molecule has 3 nitrogen and oxygen atoms in total. The molecule has 0 aromatic heterocycles. The molecule has 1 rings (SSSR count). The van der Waals surface area contributed by atoms with E-state index in [0.717, 1.165) is 32.8 Å². The molecule has 1 aliphatic heterocycles. The second-order valence-corrected chi connectivity index (χ2v) is 3.16. The summed E-state index contributed by atoms with van der Waals surface area (Å²) in [6, 6.07) is 0. The van der Waals surface area contributed by atoms with Crippen LogP contribution in [0.15, 0.2) is 0 Å². The molecule has 1 heterocycles. The third kappa shape index (κ3) is 3.05. The van der Waals surface area contributed by atoms with Gasteiger partial charge in [0.15, 0.2) is 0 Å². The maximum absolute atomic E-state index is 12.0. The highest BCUT2D eigenvalue weighted by Crippen LogP contribution is 1.99. The van der Waals surface area contributed by atoms with Gasteiger partial charge in [-0.05, 0) is 7.05 Å². The van der Waals surface area contributed by atoms with Crippen LogP contribution in [0.2, 0.25) is 0 Å². The molecular formula is C8H18FN3. The van der Waals surface area contributed by atoms with Gasteiger partial charge in [0.1, 0.15) is 6.67 Å². The SMILES string of the molecule is CNCN1CCN(CCF)CC1. The highest BCUT2D eigenvalue weighted by Gasteiger charge is 2.14. The minimum absolute atomic E-state index is 0.216. The molecule has 12 heavy (non-hydrogen) atoms. The number of rotatable bonds is 4. The van der Waals surface area contributed by atoms with E-state index in [-0.39, 0.29) is 6.67 Å². The molecule has 0 saturated carbocycles. The molecule has 0 aromatic rings. The van der Waals surface area contributed by atoms with Crippen molar-refractivity contribution in [1.82, 2.24) is 15.1 Å². The Morgan fingerprint density at radius 2 is 1.75 bits per heavy atom. The van der Waals surface area contributed by atoms with Gasteiger partial charge >= 0.3 is 0 Å². The lowest BCUT2D eigenvalue weighted by Gasteiger charge is -2.33. The zero-order chi connectivity index (χ0) is 8.81. The number of alkyl halides is 1. The first-order valence-electron chi connectivity index (χ1n) is 4.52. The Hall–Kier alpha value is -0.190. The fourth-order valence-electron chi connectivity index (χ4n) is 1.51. The van der Waals surface area contributed by atoms with Crippen molar-refractivity contribution in [3.63, 3.8) is 0 Å². The highest BCUT2D eigenvalue weighted by molar-refractivity contribution is 4.70. The van der Waals surface area contributed by atoms with Crippen molar-refractivity contribution < 1.29 is 4.39 Å². The van der Waals surface area contributed by atoms with Crippen LogP contribution in [0.25, 0.3) is 0 Å². The lowest BCUT2D eigenvalue weighted by molar-refractivity contribution is 0.121. The Bertz CT molecular complexity index is 98.9. The zero-order valence-corrected chi connectivity index (χ0v) is 7.72. The van der Waals surface area contributed by atoms with Gasteiger partial charge in [0.05, 0.1) is 0 Å². The molecule has 1 aliphatic rings. The summed E-state index contributed by atoms with van der Waals surface area (Å²) in [6.07, 6.45) is 0. The summed E-state index contributed by atoms with van der Waals surface area (Å²) in [4.78, 5) is 4.51. The molecule has 0 amide bonds. The number of nitrogens with zero attached hydrogens (tertiary/aromatic N) is 2. The van der Waals surface area contributed by atoms with Crippen LogP contribution < -0.4 is 5.32 Å². The van der Waals surface area contributed by atoms with Crippen LogP contribution in [0, 0.1) is 0 Å². The maximum atomic E-state index is 12.0. The van der Waals surface area contributed by atoms with Crippen molar-refractivity contribution in [2.75, 3.05) is 53.1 Å². The van der Waals surface area contributed by atoms with E-state index in [1.54, 1.807) is 0 Å². The van der Waals surface area contributed by atoms with E-state index in [0.29, 0.717) is 6.54 Å². The van der Waals surface area contributed by atoms with Gasteiger partial charge in [0.25, 0.3) is 0 Å². The molecule has 0 radical (unpaired) electrons. The molecule has 0 spiro atoms. The lowest BCUT2D eigenvalue weighted by Crippen LogP contribution is -2.49. The Morgan fingerprint density at radius 3 is 2.25 bits per heavy atom. The number of hydrogen-bond acceptors (Lipinski definition) is 3. The molecule has 0 aromatic carbocycles. The average molecular weight is 175 g/mol. The average Bonchev–Trinajstić information content (AvgIpc) is 2.09. The molecule has 0 unspecified atom stereocenters. The fraction of sp³-hybridized carbons (Fsp3) is 1.00. The summed E-state index contributed by atoms with van der Waals surface area (Å²) in [5.74, 6) is 0. The van der Waals surface area contributed by atoms with Crippen LogP contribution in [-0.4, -0.2) is 62.9 Å². The smallest absolute Gasteiger partial charge is 0.102 e. The van der Waals surface area contributed by atoms with Crippen LogP contribution in [0.1, 0.15) is 0 Å². The van der Waals surface area contributed by atoms with Crippen LogP contribution in [0.5, 0.6) is 0 Å². The third-order valence-electron chi connectivity index (χ3n) is 2.25. The number of nitrogens with one attached hydrogen (secondary N) is 1. The first-order valence-corrected chi connectivity index (χ1v) is 4.52. The van der Waals surface area contributed by atoms with Crippen LogP contribution >= 0.6 is 0 Å². The fourth-order valence-corrected chi connectivity index (χ4v) is 1.51. The van der Waals surface area contributed by atoms with Gasteiger partial charge in [-0.1, -0.05) is 0 Å². The number of hydrogen-bond donors (Lipinski definition) is 1. The second-order valence-electron chi connectivity index (χ2n) is 3.16. The molecule has 0 atom stereocenters. The summed E-state index contributed by atoms with van der Waals surface area (Å²) in [5, 5.41) is 3.12. The van der Waals surface area contributed by atoms with Crippen molar-refractivity contribution >= 4 is 0 Å². The summed E-state index contributed by atoms with van der Waals surface area (Å²) >= 11 is 0. The molecule has 1 fully saturated rings. The van der Waals surface area contributed by atoms with Gasteiger partial charge in [-0.3, -0.25) is 9.80 Å². The van der Waals surface area contributed by atoms with E-state index in [2.05, 4.69) is 15.1 Å². The van der Waals surface area contributed by atoms with Gasteiger partial charge in [0, 0.05) is 39.4 Å². The van der Waals surface area contributed by atoms with Crippen LogP contribution in [0.4, 0.5) is 4.39 Å². The highest BCUT2D eigenvalue weighted by atomic mass is 19.1. The van der Waals surface area contributed by atoms with Crippen molar-refractivity contribution in [2.24, 2.45) is 0 Å². The first-order chi connectivity index (χ1) is 5.86. The molecule has 72 valence electrons. The van der Waals surface area contributed by atoms with Crippen molar-refractivity contribution in [2.45, 2.75) is 0 Å². The van der Waals surface area contributed by atoms with Crippen molar-refractivity contribution in [3.05, 3.63) is 0 Å². The van der Waals surface area contributed by atoms with Gasteiger partial charge in [0.2, 0.25) is 0 Å². The Labute approximate surface area is 73.5 Å². The van der Waals surface area contributed by atoms with Gasteiger partial charge in [-0.2, -0.15) is 0 Å². The van der Waals surface area contributed by atoms with E-state index < -0.39 is 0 Å². The summed E-state index contributed by atoms with van der Waals surface area (Å²) in [5.41, 5.74) is 0. The minimum Gasteiger partial charge on any atom is -0.307 e. The normalized spacial score (nSPS) is 21.5. The standard InChI is InChI=1S/C8H18FN3/c1-10-8-12-6-4-11(3-2-9)5-7-12/h10H,2-8H2,1H3. The summed E-state index contributed by atoms with van der Waals surface area (Å²) in [6.45, 7) is 5.46. The number of halogens is 1. The van der Waals surface area contributed by atoms with Crippen LogP contribution in [0.3, 0.4) is 0 Å². The molecule has 0 aliphatic carbocycles. The topological polar surface area (TPSA) is 18.5 Å². The summed E-state index contributed by atoms with van der Waals surface area (Å²) < 4.78 is 12.0. The third-order valence-corrected chi connectivity index (χ3v) is 2.25. The predicted octanol–water partition coefficient (Wildman–Crippen LogP) is -0.250. The monoisotopic (exact) mass is 175 g/mol. The molecule has 4 heteroatoms. The van der Waals surface area contributed by atoms with E-state index in [4.69, 9.17) is 0 Å². The Kier molecular flexibility index (Phi) is 4.50. The van der Waals surface area contributed by atoms with Gasteiger partial charge < -0.3 is 5.32 Å². The number of piperazine rings is 1. The lowest BCUT2D eigenvalue weighted by atomic mass is 10.3.